The zero-order valence-electron chi connectivity index (χ0n) is 14.1. The minimum absolute atomic E-state index is 0.0227. The van der Waals surface area contributed by atoms with Crippen LogP contribution < -0.4 is 10.1 Å². The molecule has 132 valence electrons. The second-order valence-electron chi connectivity index (χ2n) is 5.66. The number of thiazole rings is 1. The van der Waals surface area contributed by atoms with Crippen molar-refractivity contribution in [2.75, 3.05) is 5.32 Å². The third-order valence-electron chi connectivity index (χ3n) is 3.66. The molecule has 1 heterocycles. The number of benzene rings is 2. The number of hydrogen-bond acceptors (Lipinski definition) is 5. The molecule has 0 saturated heterocycles. The number of carbonyl (C=O) groups excluding carboxylic acids is 1. The lowest BCUT2D eigenvalue weighted by Gasteiger charge is -2.07. The Labute approximate surface area is 154 Å². The molecule has 0 unspecified atom stereocenters. The van der Waals surface area contributed by atoms with Crippen LogP contribution in [0, 0.1) is 13.8 Å². The topological polar surface area (TPSA) is 88.5 Å². The highest BCUT2D eigenvalue weighted by atomic mass is 32.1. The number of rotatable bonds is 4. The van der Waals surface area contributed by atoms with E-state index in [1.165, 1.54) is 0 Å². The molecule has 3 rings (SSSR count). The lowest BCUT2D eigenvalue weighted by Crippen LogP contribution is -2.15. The summed E-state index contributed by atoms with van der Waals surface area (Å²) in [4.78, 5) is 27.9. The van der Waals surface area contributed by atoms with E-state index in [4.69, 9.17) is 9.84 Å². The molecule has 0 aliphatic rings. The van der Waals surface area contributed by atoms with Crippen LogP contribution in [-0.4, -0.2) is 22.2 Å². The van der Waals surface area contributed by atoms with Gasteiger partial charge in [0.2, 0.25) is 5.06 Å². The van der Waals surface area contributed by atoms with Gasteiger partial charge in [0.05, 0.1) is 0 Å². The Balaban J connectivity index is 1.93. The van der Waals surface area contributed by atoms with Gasteiger partial charge in [-0.15, -0.1) is 0 Å². The third kappa shape index (κ3) is 3.89. The molecule has 0 aliphatic heterocycles. The van der Waals surface area contributed by atoms with Gasteiger partial charge in [-0.05, 0) is 25.5 Å². The van der Waals surface area contributed by atoms with Gasteiger partial charge < -0.3 is 15.2 Å². The standard InChI is InChI=1S/C19H16N2O4S/c1-11-8-9-14(12(2)10-11)16(22)20-15-18(25-19(23)24)26-17(21-15)13-6-4-3-5-7-13/h3-10H,1-2H3,(H,20,22)(H,23,24). The molecule has 0 fully saturated rings. The van der Waals surface area contributed by atoms with Crippen LogP contribution in [0.1, 0.15) is 21.5 Å². The summed E-state index contributed by atoms with van der Waals surface area (Å²) in [6.07, 6.45) is -1.46. The average molecular weight is 368 g/mol. The number of aryl methyl sites for hydroxylation is 2. The zero-order valence-corrected chi connectivity index (χ0v) is 15.0. The summed E-state index contributed by atoms with van der Waals surface area (Å²) < 4.78 is 4.79. The van der Waals surface area contributed by atoms with E-state index < -0.39 is 6.16 Å². The van der Waals surface area contributed by atoms with E-state index in [1.54, 1.807) is 6.07 Å². The molecule has 0 saturated carbocycles. The van der Waals surface area contributed by atoms with Crippen molar-refractivity contribution < 1.29 is 19.4 Å². The first-order chi connectivity index (χ1) is 12.4. The van der Waals surface area contributed by atoms with Gasteiger partial charge >= 0.3 is 6.16 Å². The van der Waals surface area contributed by atoms with Crippen LogP contribution in [-0.2, 0) is 0 Å². The van der Waals surface area contributed by atoms with Gasteiger partial charge in [0.25, 0.3) is 5.91 Å². The van der Waals surface area contributed by atoms with Crippen LogP contribution in [0.3, 0.4) is 0 Å². The maximum absolute atomic E-state index is 12.6. The average Bonchev–Trinajstić information content (AvgIpc) is 2.97. The quantitative estimate of drug-likeness (QED) is 0.650. The van der Waals surface area contributed by atoms with E-state index in [0.29, 0.717) is 10.6 Å². The summed E-state index contributed by atoms with van der Waals surface area (Å²) in [5, 5.41) is 12.2. The van der Waals surface area contributed by atoms with E-state index in [9.17, 15) is 9.59 Å². The number of nitrogens with zero attached hydrogens (tertiary/aromatic N) is 1. The fraction of sp³-hybridized carbons (Fsp3) is 0.105. The lowest BCUT2D eigenvalue weighted by atomic mass is 10.1. The summed E-state index contributed by atoms with van der Waals surface area (Å²) in [7, 11) is 0. The van der Waals surface area contributed by atoms with E-state index in [2.05, 4.69) is 10.3 Å². The van der Waals surface area contributed by atoms with Crippen LogP contribution in [0.2, 0.25) is 0 Å². The van der Waals surface area contributed by atoms with Crippen LogP contribution in [0.25, 0.3) is 10.6 Å². The highest BCUT2D eigenvalue weighted by molar-refractivity contribution is 7.17. The normalized spacial score (nSPS) is 10.4. The largest absolute Gasteiger partial charge is 0.512 e. The summed E-state index contributed by atoms with van der Waals surface area (Å²) in [5.41, 5.74) is 3.17. The summed E-state index contributed by atoms with van der Waals surface area (Å²) in [6, 6.07) is 14.7. The molecule has 1 amide bonds. The number of carboxylic acid groups (broad SMARTS) is 1. The van der Waals surface area contributed by atoms with Crippen LogP contribution in [0.4, 0.5) is 10.6 Å². The van der Waals surface area contributed by atoms with E-state index >= 15 is 0 Å². The number of carbonyl (C=O) groups is 2. The molecule has 1 aromatic heterocycles. The third-order valence-corrected chi connectivity index (χ3v) is 4.64. The molecule has 6 nitrogen and oxygen atoms in total. The van der Waals surface area contributed by atoms with Gasteiger partial charge in [0.1, 0.15) is 5.01 Å². The fourth-order valence-corrected chi connectivity index (χ4v) is 3.35. The Kier molecular flexibility index (Phi) is 4.99. The molecule has 2 N–H and O–H groups in total. The summed E-state index contributed by atoms with van der Waals surface area (Å²) >= 11 is 1.06. The Hall–Kier alpha value is -3.19. The van der Waals surface area contributed by atoms with Crippen LogP contribution >= 0.6 is 11.3 Å². The molecule has 7 heteroatoms. The summed E-state index contributed by atoms with van der Waals surface area (Å²) in [6.45, 7) is 3.78. The van der Waals surface area contributed by atoms with Gasteiger partial charge in [0, 0.05) is 11.1 Å². The number of ether oxygens (including phenoxy) is 1. The molecule has 26 heavy (non-hydrogen) atoms. The lowest BCUT2D eigenvalue weighted by molar-refractivity contribution is 0.102. The Morgan fingerprint density at radius 1 is 1.12 bits per heavy atom. The monoisotopic (exact) mass is 368 g/mol. The molecule has 0 atom stereocenters. The van der Waals surface area contributed by atoms with Crippen molar-refractivity contribution in [3.05, 3.63) is 65.2 Å². The predicted octanol–water partition coefficient (Wildman–Crippen LogP) is 4.74. The highest BCUT2D eigenvalue weighted by Crippen LogP contribution is 2.37. The number of aromatic nitrogens is 1. The van der Waals surface area contributed by atoms with E-state index in [-0.39, 0.29) is 16.8 Å². The maximum Gasteiger partial charge on any atom is 0.512 e. The van der Waals surface area contributed by atoms with Crippen molar-refractivity contribution in [2.45, 2.75) is 13.8 Å². The van der Waals surface area contributed by atoms with Crippen LogP contribution in [0.5, 0.6) is 5.06 Å². The number of anilines is 1. The Morgan fingerprint density at radius 3 is 2.50 bits per heavy atom. The van der Waals surface area contributed by atoms with Crippen molar-refractivity contribution in [1.82, 2.24) is 4.98 Å². The second-order valence-corrected chi connectivity index (χ2v) is 6.62. The van der Waals surface area contributed by atoms with Crippen LogP contribution in [0.15, 0.2) is 48.5 Å². The van der Waals surface area contributed by atoms with E-state index in [0.717, 1.165) is 28.0 Å². The molecule has 3 aromatic rings. The van der Waals surface area contributed by atoms with E-state index in [1.807, 2.05) is 56.3 Å². The van der Waals surface area contributed by atoms with Gasteiger partial charge in [-0.25, -0.2) is 9.78 Å². The summed E-state index contributed by atoms with van der Waals surface area (Å²) in [5.74, 6) is -0.288. The van der Waals surface area contributed by atoms with Crippen molar-refractivity contribution >= 4 is 29.2 Å². The SMILES string of the molecule is Cc1ccc(C(=O)Nc2nc(-c3ccccc3)sc2OC(=O)O)c(C)c1. The number of amides is 1. The molecule has 0 spiro atoms. The smallest absolute Gasteiger partial charge is 0.449 e. The predicted molar refractivity (Wildman–Crippen MR) is 100 cm³/mol. The first-order valence-corrected chi connectivity index (χ1v) is 8.61. The van der Waals surface area contributed by atoms with Crippen molar-refractivity contribution in [2.24, 2.45) is 0 Å². The van der Waals surface area contributed by atoms with Crippen molar-refractivity contribution in [3.8, 4) is 15.6 Å². The van der Waals surface area contributed by atoms with Crippen molar-refractivity contribution in [1.29, 1.82) is 0 Å². The minimum atomic E-state index is -1.46. The van der Waals surface area contributed by atoms with Gasteiger partial charge in [-0.2, -0.15) is 0 Å². The fourth-order valence-electron chi connectivity index (χ4n) is 2.48. The first kappa shape index (κ1) is 17.6. The molecule has 0 aliphatic carbocycles. The molecular weight excluding hydrogens is 352 g/mol. The van der Waals surface area contributed by atoms with Gasteiger partial charge in [0.15, 0.2) is 5.82 Å². The molecule has 2 aromatic carbocycles. The number of nitrogens with one attached hydrogen (secondary N) is 1. The first-order valence-electron chi connectivity index (χ1n) is 7.79. The minimum Gasteiger partial charge on any atom is -0.449 e. The molecule has 0 radical (unpaired) electrons. The Morgan fingerprint density at radius 2 is 1.85 bits per heavy atom. The molecule has 0 bridgehead atoms. The second kappa shape index (κ2) is 7.37. The van der Waals surface area contributed by atoms with Crippen molar-refractivity contribution in [3.63, 3.8) is 0 Å². The maximum atomic E-state index is 12.6. The highest BCUT2D eigenvalue weighted by Gasteiger charge is 2.20. The number of hydrogen-bond donors (Lipinski definition) is 2. The van der Waals surface area contributed by atoms with Gasteiger partial charge in [-0.3, -0.25) is 4.79 Å². The zero-order chi connectivity index (χ0) is 18.7. The van der Waals surface area contributed by atoms with Gasteiger partial charge in [-0.1, -0.05) is 59.4 Å². The Bertz CT molecular complexity index is 967. The molecular formula is C19H16N2O4S.